The second-order valence-electron chi connectivity index (χ2n) is 8.63. The van der Waals surface area contributed by atoms with Crippen LogP contribution in [0.25, 0.3) is 0 Å². The van der Waals surface area contributed by atoms with Gasteiger partial charge in [-0.25, -0.2) is 0 Å². The van der Waals surface area contributed by atoms with Crippen molar-refractivity contribution < 1.29 is 0 Å². The molecule has 0 N–H and O–H groups in total. The van der Waals surface area contributed by atoms with Gasteiger partial charge in [0.15, 0.2) is 0 Å². The van der Waals surface area contributed by atoms with Gasteiger partial charge in [-0.2, -0.15) is 0 Å². The van der Waals surface area contributed by atoms with Gasteiger partial charge >= 0.3 is 173 Å². The van der Waals surface area contributed by atoms with Crippen LogP contribution in [0.1, 0.15) is 101 Å². The van der Waals surface area contributed by atoms with Crippen molar-refractivity contribution in [3.63, 3.8) is 0 Å². The summed E-state index contributed by atoms with van der Waals surface area (Å²) < 4.78 is 6.87. The van der Waals surface area contributed by atoms with Crippen LogP contribution in [0.3, 0.4) is 0 Å². The van der Waals surface area contributed by atoms with E-state index in [0.29, 0.717) is 53.6 Å². The van der Waals surface area contributed by atoms with E-state index in [1.165, 1.54) is 0 Å². The van der Waals surface area contributed by atoms with Crippen molar-refractivity contribution in [3.05, 3.63) is 46.5 Å². The van der Waals surface area contributed by atoms with E-state index in [0.717, 1.165) is 0 Å². The van der Waals surface area contributed by atoms with E-state index in [9.17, 15) is 0 Å². The average molecular weight is 478 g/mol. The van der Waals surface area contributed by atoms with Gasteiger partial charge in [-0.3, -0.25) is 0 Å². The fraction of sp³-hybridized carbons (Fsp3) is 0.500. The normalized spacial score (nSPS) is 13.7. The molecule has 0 fully saturated rings. The predicted octanol–water partition coefficient (Wildman–Crippen LogP) is 3.80. The zero-order valence-electron chi connectivity index (χ0n) is 17.4. The van der Waals surface area contributed by atoms with E-state index in [2.05, 4.69) is 79.7 Å². The molecule has 0 amide bonds. The summed E-state index contributed by atoms with van der Waals surface area (Å²) in [6.07, 6.45) is 0. The van der Waals surface area contributed by atoms with E-state index >= 15 is 0 Å². The van der Waals surface area contributed by atoms with Gasteiger partial charge in [0, 0.05) is 0 Å². The molecule has 0 nitrogen and oxygen atoms in total. The number of fused-ring (bicyclic) bond motifs is 2. The quantitative estimate of drug-likeness (QED) is 0.501. The minimum atomic E-state index is 0.430. The molecule has 3 rings (SSSR count). The second-order valence-corrected chi connectivity index (χ2v) is 12.9. The third kappa shape index (κ3) is 3.59. The summed E-state index contributed by atoms with van der Waals surface area (Å²) in [5.74, 6) is 2.44. The first-order chi connectivity index (χ1) is 12.2. The van der Waals surface area contributed by atoms with Crippen LogP contribution in [0.15, 0.2) is 24.3 Å². The molecule has 140 valence electrons. The fourth-order valence-corrected chi connectivity index (χ4v) is 11.6. The van der Waals surface area contributed by atoms with Crippen LogP contribution in [0.2, 0.25) is 0 Å². The summed E-state index contributed by atoms with van der Waals surface area (Å²) in [4.78, 5) is 0. The Morgan fingerprint density at radius 2 is 0.615 bits per heavy atom. The van der Waals surface area contributed by atoms with E-state index in [1.807, 2.05) is 0 Å². The van der Waals surface area contributed by atoms with E-state index in [4.69, 9.17) is 0 Å². The average Bonchev–Trinajstić information content (AvgIpc) is 2.57. The summed E-state index contributed by atoms with van der Waals surface area (Å²) in [7, 11) is 0. The van der Waals surface area contributed by atoms with Crippen molar-refractivity contribution in [3.8, 4) is 0 Å². The third-order valence-corrected chi connectivity index (χ3v) is 12.0. The Morgan fingerprint density at radius 3 is 0.769 bits per heavy atom. The van der Waals surface area contributed by atoms with Gasteiger partial charge in [-0.05, 0) is 0 Å². The molecule has 0 spiro atoms. The molecule has 0 saturated carbocycles. The van der Waals surface area contributed by atoms with Crippen LogP contribution in [-0.4, -0.2) is 29.9 Å². The predicted molar refractivity (Wildman–Crippen MR) is 119 cm³/mol. The monoisotopic (exact) mass is 480 g/mol. The summed E-state index contributed by atoms with van der Waals surface area (Å²) in [6.45, 7) is 18.9. The minimum absolute atomic E-state index is 0.430. The van der Waals surface area contributed by atoms with Crippen LogP contribution in [0.5, 0.6) is 0 Å². The maximum absolute atomic E-state index is 2.43. The van der Waals surface area contributed by atoms with Gasteiger partial charge in [-0.15, -0.1) is 0 Å². The summed E-state index contributed by atoms with van der Waals surface area (Å²) in [6, 6.07) is 9.73. The Kier molecular flexibility index (Phi) is 6.10. The maximum atomic E-state index is 2.43. The third-order valence-electron chi connectivity index (χ3n) is 5.24. The zero-order chi connectivity index (χ0) is 19.2. The molecule has 1 aliphatic heterocycles. The molecule has 0 unspecified atom stereocenters. The first-order valence-corrected chi connectivity index (χ1v) is 13.3. The SMILES string of the molecule is CC(C)c1ccc(C(C)C)c2c1[Se]c1c(C(C)C)ccc(C(C)C)c1[Se]2. The molecule has 0 aliphatic carbocycles. The van der Waals surface area contributed by atoms with E-state index < -0.39 is 0 Å². The first kappa shape index (κ1) is 20.2. The Morgan fingerprint density at radius 1 is 0.423 bits per heavy atom. The summed E-state index contributed by atoms with van der Waals surface area (Å²) in [5.41, 5.74) is 6.39. The summed E-state index contributed by atoms with van der Waals surface area (Å²) in [5, 5.41) is 0. The number of hydrogen-bond acceptors (Lipinski definition) is 0. The summed E-state index contributed by atoms with van der Waals surface area (Å²) >= 11 is 0.860. The molecule has 0 bridgehead atoms. The molecule has 2 aromatic rings. The molecule has 1 aliphatic rings. The standard InChI is InChI=1S/C24H32Se2/c1-13(2)17-9-10-18(14(3)4)22-21(17)25-23-19(15(5)6)11-12-20(16(7)8)24(23)26-22/h9-16H,1-8H3. The van der Waals surface area contributed by atoms with Crippen LogP contribution in [0.4, 0.5) is 0 Å². The van der Waals surface area contributed by atoms with Crippen molar-refractivity contribution in [2.75, 3.05) is 0 Å². The Hall–Kier alpha value is -0.521. The number of rotatable bonds is 4. The Labute approximate surface area is 172 Å². The van der Waals surface area contributed by atoms with Gasteiger partial charge in [0.25, 0.3) is 0 Å². The van der Waals surface area contributed by atoms with Crippen molar-refractivity contribution in [1.29, 1.82) is 0 Å². The van der Waals surface area contributed by atoms with Gasteiger partial charge < -0.3 is 0 Å². The first-order valence-electron chi connectivity index (χ1n) is 9.91. The Bertz CT molecular complexity index is 678. The number of benzene rings is 2. The molecule has 0 saturated heterocycles. The van der Waals surface area contributed by atoms with Crippen molar-refractivity contribution in [2.45, 2.75) is 79.1 Å². The zero-order valence-corrected chi connectivity index (χ0v) is 20.9. The van der Waals surface area contributed by atoms with Crippen LogP contribution < -0.4 is 17.8 Å². The second kappa shape index (κ2) is 7.84. The van der Waals surface area contributed by atoms with Gasteiger partial charge in [0.05, 0.1) is 0 Å². The van der Waals surface area contributed by atoms with Crippen LogP contribution in [0, 0.1) is 0 Å². The molecule has 0 radical (unpaired) electrons. The van der Waals surface area contributed by atoms with Gasteiger partial charge in [0.2, 0.25) is 0 Å². The Balaban J connectivity index is 2.27. The van der Waals surface area contributed by atoms with Crippen molar-refractivity contribution >= 4 is 47.8 Å². The van der Waals surface area contributed by atoms with Crippen LogP contribution >= 0.6 is 0 Å². The molecule has 1 heterocycles. The molecule has 26 heavy (non-hydrogen) atoms. The van der Waals surface area contributed by atoms with E-state index in [-0.39, 0.29) is 0 Å². The van der Waals surface area contributed by atoms with E-state index in [1.54, 1.807) is 40.1 Å². The topological polar surface area (TPSA) is 0 Å². The number of hydrogen-bond donors (Lipinski definition) is 0. The van der Waals surface area contributed by atoms with Crippen molar-refractivity contribution in [2.24, 2.45) is 0 Å². The fourth-order valence-electron chi connectivity index (χ4n) is 3.63. The molecule has 2 aromatic carbocycles. The molecule has 0 aromatic heterocycles. The van der Waals surface area contributed by atoms with Crippen LogP contribution in [-0.2, 0) is 0 Å². The molecule has 0 atom stereocenters. The molecule has 2 heteroatoms. The molecular weight excluding hydrogens is 446 g/mol. The van der Waals surface area contributed by atoms with Crippen molar-refractivity contribution in [1.82, 2.24) is 0 Å². The molecular formula is C24H32Se2. The van der Waals surface area contributed by atoms with Gasteiger partial charge in [-0.1, -0.05) is 0 Å². The van der Waals surface area contributed by atoms with Gasteiger partial charge in [0.1, 0.15) is 0 Å².